The average Bonchev–Trinajstić information content (AvgIpc) is 2.52. The maximum absolute atomic E-state index is 12.6. The number of rotatable bonds is 7. The highest BCUT2D eigenvalue weighted by atomic mass is 16.5. The number of carbonyl (C=O) groups excluding carboxylic acids is 2. The van der Waals surface area contributed by atoms with Crippen molar-refractivity contribution < 1.29 is 24.2 Å². The first-order chi connectivity index (χ1) is 10.4. The maximum Gasteiger partial charge on any atom is 0.310 e. The number of amides is 1. The monoisotopic (exact) mass is 309 g/mol. The number of esters is 1. The lowest BCUT2D eigenvalue weighted by Gasteiger charge is -2.26. The van der Waals surface area contributed by atoms with Gasteiger partial charge in [0.05, 0.1) is 26.2 Å². The molecule has 6 nitrogen and oxygen atoms in total. The van der Waals surface area contributed by atoms with Crippen LogP contribution in [0.15, 0.2) is 24.3 Å². The molecule has 1 N–H and O–H groups in total. The molecule has 1 aromatic rings. The fraction of sp³-hybridized carbons (Fsp3) is 0.500. The summed E-state index contributed by atoms with van der Waals surface area (Å²) in [7, 11) is 2.83. The smallest absolute Gasteiger partial charge is 0.310 e. The summed E-state index contributed by atoms with van der Waals surface area (Å²) in [6.07, 6.45) is -0.695. The minimum absolute atomic E-state index is 0.136. The highest BCUT2D eigenvalue weighted by Crippen LogP contribution is 2.16. The van der Waals surface area contributed by atoms with E-state index in [1.165, 1.54) is 19.1 Å². The van der Waals surface area contributed by atoms with Crippen LogP contribution >= 0.6 is 0 Å². The predicted octanol–water partition coefficient (Wildman–Crippen LogP) is 1.33. The molecule has 0 spiro atoms. The van der Waals surface area contributed by atoms with Crippen LogP contribution in [-0.2, 0) is 9.53 Å². The summed E-state index contributed by atoms with van der Waals surface area (Å²) in [5, 5.41) is 9.59. The van der Waals surface area contributed by atoms with Crippen molar-refractivity contribution in [1.82, 2.24) is 4.90 Å². The van der Waals surface area contributed by atoms with Gasteiger partial charge in [0.1, 0.15) is 5.75 Å². The van der Waals surface area contributed by atoms with E-state index in [0.29, 0.717) is 11.3 Å². The summed E-state index contributed by atoms with van der Waals surface area (Å²) in [6, 6.07) is 6.76. The zero-order valence-corrected chi connectivity index (χ0v) is 13.4. The van der Waals surface area contributed by atoms with Crippen molar-refractivity contribution in [1.29, 1.82) is 0 Å². The Morgan fingerprint density at radius 2 is 1.91 bits per heavy atom. The van der Waals surface area contributed by atoms with E-state index in [2.05, 4.69) is 4.74 Å². The molecule has 0 heterocycles. The Morgan fingerprint density at radius 3 is 2.45 bits per heavy atom. The number of aliphatic hydroxyl groups excluding tert-OH is 1. The number of methoxy groups -OCH3 is 2. The molecule has 0 fully saturated rings. The van der Waals surface area contributed by atoms with Gasteiger partial charge in [-0.05, 0) is 25.1 Å². The summed E-state index contributed by atoms with van der Waals surface area (Å²) < 4.78 is 9.79. The largest absolute Gasteiger partial charge is 0.497 e. The van der Waals surface area contributed by atoms with E-state index in [1.54, 1.807) is 38.1 Å². The van der Waals surface area contributed by atoms with E-state index in [4.69, 9.17) is 4.74 Å². The second kappa shape index (κ2) is 8.38. The Morgan fingerprint density at radius 1 is 1.23 bits per heavy atom. The number of nitrogens with zero attached hydrogens (tertiary/aromatic N) is 1. The van der Waals surface area contributed by atoms with Crippen LogP contribution < -0.4 is 4.74 Å². The molecular weight excluding hydrogens is 286 g/mol. The molecule has 2 atom stereocenters. The van der Waals surface area contributed by atoms with Crippen LogP contribution in [0.2, 0.25) is 0 Å². The highest BCUT2D eigenvalue weighted by Gasteiger charge is 2.23. The zero-order chi connectivity index (χ0) is 16.7. The van der Waals surface area contributed by atoms with E-state index in [0.717, 1.165) is 0 Å². The number of ether oxygens (including phenoxy) is 2. The molecule has 22 heavy (non-hydrogen) atoms. The number of hydrogen-bond acceptors (Lipinski definition) is 5. The Labute approximate surface area is 130 Å². The van der Waals surface area contributed by atoms with Crippen LogP contribution in [0.1, 0.15) is 24.2 Å². The molecule has 122 valence electrons. The van der Waals surface area contributed by atoms with Gasteiger partial charge in [-0.3, -0.25) is 9.59 Å². The van der Waals surface area contributed by atoms with Gasteiger partial charge in [0, 0.05) is 18.7 Å². The molecule has 0 aliphatic rings. The molecule has 0 saturated carbocycles. The first-order valence-corrected chi connectivity index (χ1v) is 7.08. The van der Waals surface area contributed by atoms with E-state index in [1.807, 2.05) is 0 Å². The molecule has 1 rings (SSSR count). The Kier molecular flexibility index (Phi) is 6.85. The van der Waals surface area contributed by atoms with Crippen LogP contribution in [0.3, 0.4) is 0 Å². The summed E-state index contributed by atoms with van der Waals surface area (Å²) in [5.41, 5.74) is 0.442. The third kappa shape index (κ3) is 5.04. The van der Waals surface area contributed by atoms with Crippen molar-refractivity contribution in [2.24, 2.45) is 5.92 Å². The third-order valence-electron chi connectivity index (χ3n) is 3.19. The Bertz CT molecular complexity index is 515. The van der Waals surface area contributed by atoms with Crippen molar-refractivity contribution in [3.63, 3.8) is 0 Å². The molecule has 1 aromatic carbocycles. The molecular formula is C16H23NO5. The Balaban J connectivity index is 2.94. The van der Waals surface area contributed by atoms with Gasteiger partial charge in [0.25, 0.3) is 5.91 Å². The summed E-state index contributed by atoms with van der Waals surface area (Å²) in [6.45, 7) is 3.58. The van der Waals surface area contributed by atoms with Crippen molar-refractivity contribution >= 4 is 11.9 Å². The van der Waals surface area contributed by atoms with E-state index in [-0.39, 0.29) is 19.0 Å². The lowest BCUT2D eigenvalue weighted by molar-refractivity contribution is -0.145. The zero-order valence-electron chi connectivity index (χ0n) is 13.4. The number of aliphatic hydroxyl groups is 1. The number of hydrogen-bond donors (Lipinski definition) is 1. The van der Waals surface area contributed by atoms with Gasteiger partial charge >= 0.3 is 5.97 Å². The lowest BCUT2D eigenvalue weighted by Crippen LogP contribution is -2.41. The van der Waals surface area contributed by atoms with Gasteiger partial charge in [0.15, 0.2) is 0 Å². The molecule has 6 heteroatoms. The van der Waals surface area contributed by atoms with Crippen molar-refractivity contribution in [3.05, 3.63) is 29.8 Å². The third-order valence-corrected chi connectivity index (χ3v) is 3.19. The van der Waals surface area contributed by atoms with Gasteiger partial charge in [0.2, 0.25) is 0 Å². The first-order valence-electron chi connectivity index (χ1n) is 7.08. The normalized spacial score (nSPS) is 13.1. The predicted molar refractivity (Wildman–Crippen MR) is 81.8 cm³/mol. The van der Waals surface area contributed by atoms with Crippen molar-refractivity contribution in [2.75, 3.05) is 27.3 Å². The lowest BCUT2D eigenvalue weighted by atomic mass is 10.1. The van der Waals surface area contributed by atoms with Crippen LogP contribution in [0.4, 0.5) is 0 Å². The molecule has 0 aliphatic heterocycles. The topological polar surface area (TPSA) is 76.1 Å². The fourth-order valence-electron chi connectivity index (χ4n) is 2.10. The maximum atomic E-state index is 12.6. The van der Waals surface area contributed by atoms with Crippen molar-refractivity contribution in [3.8, 4) is 5.75 Å². The van der Waals surface area contributed by atoms with Gasteiger partial charge in [-0.25, -0.2) is 0 Å². The average molecular weight is 309 g/mol. The van der Waals surface area contributed by atoms with E-state index in [9.17, 15) is 14.7 Å². The molecule has 1 amide bonds. The van der Waals surface area contributed by atoms with Crippen molar-refractivity contribution in [2.45, 2.75) is 20.0 Å². The van der Waals surface area contributed by atoms with Gasteiger partial charge in [-0.1, -0.05) is 13.0 Å². The van der Waals surface area contributed by atoms with Crippen LogP contribution in [0, 0.1) is 5.92 Å². The minimum Gasteiger partial charge on any atom is -0.497 e. The second-order valence-electron chi connectivity index (χ2n) is 5.22. The first kappa shape index (κ1) is 18.0. The van der Waals surface area contributed by atoms with E-state index < -0.39 is 18.0 Å². The van der Waals surface area contributed by atoms with Gasteiger partial charge < -0.3 is 19.5 Å². The number of carbonyl (C=O) groups is 2. The number of benzene rings is 1. The molecule has 0 bridgehead atoms. The summed E-state index contributed by atoms with van der Waals surface area (Å²) in [5.74, 6) is -0.563. The SMILES string of the molecule is COC(=O)C(C)CN(CC(C)O)C(=O)c1cccc(OC)c1. The molecule has 0 radical (unpaired) electrons. The second-order valence-corrected chi connectivity index (χ2v) is 5.22. The molecule has 0 aliphatic carbocycles. The van der Waals surface area contributed by atoms with Gasteiger partial charge in [-0.15, -0.1) is 0 Å². The molecule has 2 unspecified atom stereocenters. The quantitative estimate of drug-likeness (QED) is 0.769. The standard InChI is InChI=1S/C16H23NO5/c1-11(16(20)22-4)9-17(10-12(2)18)15(19)13-6-5-7-14(8-13)21-3/h5-8,11-12,18H,9-10H2,1-4H3. The van der Waals surface area contributed by atoms with Crippen LogP contribution in [0.5, 0.6) is 5.75 Å². The Hall–Kier alpha value is -2.08. The molecule has 0 aromatic heterocycles. The van der Waals surface area contributed by atoms with Gasteiger partial charge in [-0.2, -0.15) is 0 Å². The van der Waals surface area contributed by atoms with E-state index >= 15 is 0 Å². The fourth-order valence-corrected chi connectivity index (χ4v) is 2.10. The van der Waals surface area contributed by atoms with Crippen LogP contribution in [-0.4, -0.2) is 55.3 Å². The molecule has 0 saturated heterocycles. The highest BCUT2D eigenvalue weighted by molar-refractivity contribution is 5.94. The van der Waals surface area contributed by atoms with Crippen LogP contribution in [0.25, 0.3) is 0 Å². The minimum atomic E-state index is -0.695. The summed E-state index contributed by atoms with van der Waals surface area (Å²) in [4.78, 5) is 25.6. The summed E-state index contributed by atoms with van der Waals surface area (Å²) >= 11 is 0.